The SMILES string of the molecule is C=CCc1cccc(C2C3=CCC4C(=O)N(c5cc([N+](=O)[O-])c(N(C)C)c([N+](=O)[O-])c5)C(=O)C4C3CC3=C2C(=O)C=C(C)C3=O)c1O. The smallest absolute Gasteiger partial charge is 0.301 e. The lowest BCUT2D eigenvalue weighted by atomic mass is 9.59. The molecule has 0 spiro atoms. The maximum Gasteiger partial charge on any atom is 0.301 e. The number of imide groups is 1. The molecule has 2 aromatic carbocycles. The lowest BCUT2D eigenvalue weighted by molar-refractivity contribution is -0.392. The van der Waals surface area contributed by atoms with E-state index in [0.29, 0.717) is 23.1 Å². The number of carbonyl (C=O) groups is 4. The lowest BCUT2D eigenvalue weighted by Gasteiger charge is -2.42. The molecule has 13 heteroatoms. The summed E-state index contributed by atoms with van der Waals surface area (Å²) in [6, 6.07) is 7.07. The molecular formula is C34H30N4O9. The molecule has 1 N–H and O–H groups in total. The fourth-order valence-corrected chi connectivity index (χ4v) is 7.61. The van der Waals surface area contributed by atoms with Crippen molar-refractivity contribution in [3.05, 3.63) is 109 Å². The van der Waals surface area contributed by atoms with Crippen molar-refractivity contribution in [3.63, 3.8) is 0 Å². The number of amides is 2. The van der Waals surface area contributed by atoms with Crippen LogP contribution in [0.5, 0.6) is 5.75 Å². The van der Waals surface area contributed by atoms with E-state index < -0.39 is 56.7 Å². The van der Waals surface area contributed by atoms with Crippen molar-refractivity contribution in [2.75, 3.05) is 23.9 Å². The van der Waals surface area contributed by atoms with Crippen molar-refractivity contribution >= 4 is 46.1 Å². The molecule has 1 heterocycles. The minimum absolute atomic E-state index is 0.0194. The molecule has 6 rings (SSSR count). The van der Waals surface area contributed by atoms with Crippen LogP contribution in [0, 0.1) is 38.0 Å². The highest BCUT2D eigenvalue weighted by Gasteiger charge is 2.57. The molecule has 2 aromatic rings. The summed E-state index contributed by atoms with van der Waals surface area (Å²) < 4.78 is 0. The fourth-order valence-electron chi connectivity index (χ4n) is 7.61. The molecule has 4 unspecified atom stereocenters. The third kappa shape index (κ3) is 4.68. The van der Waals surface area contributed by atoms with Crippen LogP contribution in [-0.4, -0.2) is 52.4 Å². The van der Waals surface area contributed by atoms with Crippen LogP contribution in [0.2, 0.25) is 0 Å². The van der Waals surface area contributed by atoms with Gasteiger partial charge in [0.25, 0.3) is 0 Å². The number of nitro groups is 2. The van der Waals surface area contributed by atoms with E-state index in [4.69, 9.17) is 0 Å². The number of anilines is 2. The van der Waals surface area contributed by atoms with Gasteiger partial charge in [-0.05, 0) is 43.7 Å². The van der Waals surface area contributed by atoms with Gasteiger partial charge < -0.3 is 10.0 Å². The zero-order valence-electron chi connectivity index (χ0n) is 25.8. The Kier molecular flexibility index (Phi) is 7.49. The first-order valence-electron chi connectivity index (χ1n) is 14.9. The van der Waals surface area contributed by atoms with Gasteiger partial charge in [-0.25, -0.2) is 4.90 Å². The molecule has 13 nitrogen and oxygen atoms in total. The van der Waals surface area contributed by atoms with Gasteiger partial charge in [0.2, 0.25) is 11.8 Å². The average Bonchev–Trinajstić information content (AvgIpc) is 3.28. The molecule has 3 aliphatic carbocycles. The van der Waals surface area contributed by atoms with Crippen LogP contribution in [-0.2, 0) is 25.6 Å². The lowest BCUT2D eigenvalue weighted by Crippen LogP contribution is -2.39. The summed E-state index contributed by atoms with van der Waals surface area (Å²) >= 11 is 0. The molecular weight excluding hydrogens is 608 g/mol. The molecule has 0 radical (unpaired) electrons. The first-order chi connectivity index (χ1) is 22.3. The Morgan fingerprint density at radius 1 is 1.04 bits per heavy atom. The molecule has 4 aliphatic rings. The summed E-state index contributed by atoms with van der Waals surface area (Å²) in [4.78, 5) is 79.7. The van der Waals surface area contributed by atoms with Gasteiger partial charge in [0.05, 0.1) is 27.4 Å². The number of para-hydroxylation sites is 1. The minimum atomic E-state index is -1.03. The van der Waals surface area contributed by atoms with Crippen LogP contribution in [0.3, 0.4) is 0 Å². The van der Waals surface area contributed by atoms with Crippen LogP contribution < -0.4 is 9.80 Å². The van der Waals surface area contributed by atoms with Crippen LogP contribution in [0.4, 0.5) is 22.7 Å². The van der Waals surface area contributed by atoms with Gasteiger partial charge in [0, 0.05) is 54.4 Å². The molecule has 1 fully saturated rings. The second-order valence-corrected chi connectivity index (χ2v) is 12.3. The summed E-state index contributed by atoms with van der Waals surface area (Å²) in [5, 5.41) is 35.4. The number of nitrogens with zero attached hydrogens (tertiary/aromatic N) is 4. The quantitative estimate of drug-likeness (QED) is 0.148. The minimum Gasteiger partial charge on any atom is -0.507 e. The van der Waals surface area contributed by atoms with Crippen molar-refractivity contribution < 1.29 is 34.1 Å². The van der Waals surface area contributed by atoms with Crippen LogP contribution in [0.15, 0.2) is 77.4 Å². The first kappa shape index (κ1) is 31.3. The number of ketones is 2. The highest BCUT2D eigenvalue weighted by atomic mass is 16.6. The number of hydrogen-bond donors (Lipinski definition) is 1. The van der Waals surface area contributed by atoms with E-state index in [1.807, 2.05) is 0 Å². The second-order valence-electron chi connectivity index (χ2n) is 12.3. The van der Waals surface area contributed by atoms with Crippen molar-refractivity contribution in [1.82, 2.24) is 0 Å². The topological polar surface area (TPSA) is 181 Å². The molecule has 47 heavy (non-hydrogen) atoms. The molecule has 1 aliphatic heterocycles. The molecule has 0 saturated carbocycles. The maximum absolute atomic E-state index is 14.3. The van der Waals surface area contributed by atoms with Crippen LogP contribution in [0.1, 0.15) is 36.8 Å². The second kappa shape index (κ2) is 11.3. The van der Waals surface area contributed by atoms with Gasteiger partial charge in [0.15, 0.2) is 17.3 Å². The Labute approximate surface area is 268 Å². The molecule has 1 saturated heterocycles. The number of phenols is 1. The zero-order chi connectivity index (χ0) is 34.1. The zero-order valence-corrected chi connectivity index (χ0v) is 25.8. The van der Waals surface area contributed by atoms with E-state index in [9.17, 15) is 44.5 Å². The van der Waals surface area contributed by atoms with E-state index in [1.54, 1.807) is 30.4 Å². The van der Waals surface area contributed by atoms with E-state index in [2.05, 4.69) is 6.58 Å². The van der Waals surface area contributed by atoms with E-state index >= 15 is 0 Å². The predicted molar refractivity (Wildman–Crippen MR) is 170 cm³/mol. The van der Waals surface area contributed by atoms with Crippen molar-refractivity contribution in [2.24, 2.45) is 17.8 Å². The number of fused-ring (bicyclic) bond motifs is 3. The van der Waals surface area contributed by atoms with Gasteiger partial charge in [-0.15, -0.1) is 6.58 Å². The Morgan fingerprint density at radius 2 is 1.70 bits per heavy atom. The Morgan fingerprint density at radius 3 is 2.30 bits per heavy atom. The van der Waals surface area contributed by atoms with Gasteiger partial charge >= 0.3 is 11.4 Å². The highest BCUT2D eigenvalue weighted by molar-refractivity contribution is 6.25. The summed E-state index contributed by atoms with van der Waals surface area (Å²) in [5.74, 6) is -5.79. The Bertz CT molecular complexity index is 1920. The van der Waals surface area contributed by atoms with Crippen LogP contribution in [0.25, 0.3) is 0 Å². The molecule has 0 aromatic heterocycles. The summed E-state index contributed by atoms with van der Waals surface area (Å²) in [7, 11) is 2.81. The molecule has 0 bridgehead atoms. The predicted octanol–water partition coefficient (Wildman–Crippen LogP) is 4.64. The number of rotatable bonds is 7. The van der Waals surface area contributed by atoms with Crippen molar-refractivity contribution in [1.29, 1.82) is 0 Å². The summed E-state index contributed by atoms with van der Waals surface area (Å²) in [6.07, 6.45) is 5.06. The van der Waals surface area contributed by atoms with E-state index in [-0.39, 0.29) is 58.3 Å². The number of nitro benzene ring substituents is 2. The van der Waals surface area contributed by atoms with Gasteiger partial charge in [-0.1, -0.05) is 35.9 Å². The van der Waals surface area contributed by atoms with Gasteiger partial charge in [-0.2, -0.15) is 0 Å². The number of carbonyl (C=O) groups excluding carboxylic acids is 4. The number of hydrogen-bond acceptors (Lipinski definition) is 10. The van der Waals surface area contributed by atoms with E-state index in [1.165, 1.54) is 32.0 Å². The van der Waals surface area contributed by atoms with Gasteiger partial charge in [-0.3, -0.25) is 39.4 Å². The third-order valence-electron chi connectivity index (χ3n) is 9.54. The third-order valence-corrected chi connectivity index (χ3v) is 9.54. The summed E-state index contributed by atoms with van der Waals surface area (Å²) in [6.45, 7) is 5.27. The Hall–Kier alpha value is -5.72. The molecule has 4 atom stereocenters. The largest absolute Gasteiger partial charge is 0.507 e. The average molecular weight is 639 g/mol. The number of allylic oxidation sites excluding steroid dienone is 7. The maximum atomic E-state index is 14.3. The van der Waals surface area contributed by atoms with E-state index in [0.717, 1.165) is 17.0 Å². The number of Topliss-reactive ketones (excluding diaryl/α,β-unsaturated/α-hetero) is 1. The fraction of sp³-hybridized carbons (Fsp3) is 0.294. The number of benzene rings is 2. The first-order valence-corrected chi connectivity index (χ1v) is 14.9. The monoisotopic (exact) mass is 638 g/mol. The van der Waals surface area contributed by atoms with Crippen molar-refractivity contribution in [2.45, 2.75) is 32.1 Å². The van der Waals surface area contributed by atoms with Crippen molar-refractivity contribution in [3.8, 4) is 5.75 Å². The number of aromatic hydroxyl groups is 1. The molecule has 240 valence electrons. The van der Waals surface area contributed by atoms with Gasteiger partial charge in [0.1, 0.15) is 5.75 Å². The normalized spacial score (nSPS) is 23.5. The standard InChI is InChI=1S/C34H30N4O9/c1-5-7-17-8-6-9-20(32(17)41)27-19-10-11-21-28(22(19)15-23-29(27)26(39)12-16(2)31(23)40)34(43)36(33(21)42)18-13-24(37(44)45)30(35(3)4)25(14-18)38(46)47/h5-6,8-10,12-14,21-22,27-28,41H,1,7,11,15H2,2-4H3. The Balaban J connectivity index is 1.50. The summed E-state index contributed by atoms with van der Waals surface area (Å²) in [5.41, 5.74) is 0.295. The molecule has 2 amide bonds. The number of phenolic OH excluding ortho intramolecular Hbond substituents is 1. The van der Waals surface area contributed by atoms with Crippen LogP contribution >= 0.6 is 0 Å². The highest BCUT2D eigenvalue weighted by Crippen LogP contribution is 2.57.